The van der Waals surface area contributed by atoms with E-state index in [1.807, 2.05) is 0 Å². The highest BCUT2D eigenvalue weighted by molar-refractivity contribution is 5.96. The molecule has 0 saturated carbocycles. The van der Waals surface area contributed by atoms with Gasteiger partial charge in [0.25, 0.3) is 5.56 Å². The Morgan fingerprint density at radius 1 is 1.23 bits per heavy atom. The number of carbonyl (C=O) groups is 1. The summed E-state index contributed by atoms with van der Waals surface area (Å²) >= 11 is 0. The van der Waals surface area contributed by atoms with E-state index in [1.165, 1.54) is 0 Å². The molecule has 1 unspecified atom stereocenters. The number of anilines is 2. The lowest BCUT2D eigenvalue weighted by Gasteiger charge is -2.16. The number of rotatable bonds is 3. The van der Waals surface area contributed by atoms with Gasteiger partial charge in [0.05, 0.1) is 22.6 Å². The molecule has 2 heterocycles. The number of hydrogen-bond acceptors (Lipinski definition) is 3. The maximum Gasteiger partial charge on any atom is 0.416 e. The molecule has 2 N–H and O–H groups in total. The molecular formula is C16H11F5N2O3. The first-order valence-corrected chi connectivity index (χ1v) is 7.38. The van der Waals surface area contributed by atoms with Gasteiger partial charge in [0, 0.05) is 19.0 Å². The molecule has 1 aliphatic heterocycles. The third-order valence-electron chi connectivity index (χ3n) is 4.03. The van der Waals surface area contributed by atoms with Crippen LogP contribution in [0.3, 0.4) is 0 Å². The molecule has 1 atom stereocenters. The summed E-state index contributed by atoms with van der Waals surface area (Å²) < 4.78 is 66.8. The lowest BCUT2D eigenvalue weighted by atomic mass is 10.1. The molecule has 0 spiro atoms. The Labute approximate surface area is 142 Å². The van der Waals surface area contributed by atoms with Crippen molar-refractivity contribution >= 4 is 17.3 Å². The normalized spacial score (nSPS) is 16.4. The molecule has 0 bridgehead atoms. The molecule has 1 aromatic heterocycles. The maximum atomic E-state index is 14.0. The van der Waals surface area contributed by atoms with E-state index < -0.39 is 52.2 Å². The summed E-state index contributed by atoms with van der Waals surface area (Å²) in [5.74, 6) is -2.85. The number of alkyl halides is 4. The van der Waals surface area contributed by atoms with E-state index in [4.69, 9.17) is 0 Å². The van der Waals surface area contributed by atoms with Crippen LogP contribution >= 0.6 is 0 Å². The highest BCUT2D eigenvalue weighted by Gasteiger charge is 2.33. The molecule has 138 valence electrons. The average molecular weight is 374 g/mol. The van der Waals surface area contributed by atoms with E-state index in [0.717, 1.165) is 16.7 Å². The van der Waals surface area contributed by atoms with Gasteiger partial charge in [-0.15, -0.1) is 0 Å². The van der Waals surface area contributed by atoms with Gasteiger partial charge in [-0.3, -0.25) is 4.79 Å². The fourth-order valence-electron chi connectivity index (χ4n) is 2.86. The molecular weight excluding hydrogens is 363 g/mol. The number of halogens is 5. The molecule has 3 rings (SSSR count). The van der Waals surface area contributed by atoms with Gasteiger partial charge in [0.2, 0.25) is 0 Å². The van der Waals surface area contributed by atoms with Crippen LogP contribution in [-0.4, -0.2) is 15.6 Å². The zero-order chi connectivity index (χ0) is 19.2. The van der Waals surface area contributed by atoms with E-state index in [-0.39, 0.29) is 24.7 Å². The zero-order valence-corrected chi connectivity index (χ0v) is 12.9. The number of aromatic carboxylic acids is 1. The summed E-state index contributed by atoms with van der Waals surface area (Å²) in [6.45, 7) is 0.00450. The first-order chi connectivity index (χ1) is 12.1. The van der Waals surface area contributed by atoms with Gasteiger partial charge in [0.15, 0.2) is 0 Å². The van der Waals surface area contributed by atoms with Crippen molar-refractivity contribution in [2.75, 3.05) is 5.32 Å². The summed E-state index contributed by atoms with van der Waals surface area (Å²) in [6, 6.07) is 2.45. The molecule has 26 heavy (non-hydrogen) atoms. The first kappa shape index (κ1) is 17.9. The van der Waals surface area contributed by atoms with Crippen molar-refractivity contribution < 1.29 is 31.9 Å². The standard InChI is InChI=1S/C16H11F5N2O3/c17-8-3-4-23-12(24)6-11(13(14(8)23)15(25)26)22-10-2-1-7(5-9(10)18)16(19,20)21/h1-2,5-6,8,22H,3-4H2,(H,25,26). The first-order valence-electron chi connectivity index (χ1n) is 7.38. The van der Waals surface area contributed by atoms with Crippen LogP contribution in [0.15, 0.2) is 29.1 Å². The van der Waals surface area contributed by atoms with Crippen LogP contribution < -0.4 is 10.9 Å². The van der Waals surface area contributed by atoms with E-state index in [0.29, 0.717) is 6.07 Å². The van der Waals surface area contributed by atoms with Crippen LogP contribution in [0.5, 0.6) is 0 Å². The predicted octanol–water partition coefficient (Wildman–Crippen LogP) is 3.86. The van der Waals surface area contributed by atoms with Crippen molar-refractivity contribution in [2.24, 2.45) is 0 Å². The summed E-state index contributed by atoms with van der Waals surface area (Å²) in [4.78, 5) is 23.6. The van der Waals surface area contributed by atoms with E-state index >= 15 is 0 Å². The summed E-state index contributed by atoms with van der Waals surface area (Å²) in [5.41, 5.74) is -3.69. The van der Waals surface area contributed by atoms with Crippen LogP contribution in [-0.2, 0) is 12.7 Å². The number of hydrogen-bond donors (Lipinski definition) is 2. The number of aromatic nitrogens is 1. The molecule has 0 saturated heterocycles. The fraction of sp³-hybridized carbons (Fsp3) is 0.250. The SMILES string of the molecule is O=C(O)c1c(Nc2ccc(C(F)(F)F)cc2F)cc(=O)n2c1C(F)CC2. The van der Waals surface area contributed by atoms with Gasteiger partial charge < -0.3 is 15.0 Å². The summed E-state index contributed by atoms with van der Waals surface area (Å²) in [7, 11) is 0. The summed E-state index contributed by atoms with van der Waals surface area (Å²) in [5, 5.41) is 11.7. The quantitative estimate of drug-likeness (QED) is 0.801. The second kappa shape index (κ2) is 6.11. The van der Waals surface area contributed by atoms with Gasteiger partial charge in [-0.05, 0) is 18.2 Å². The van der Waals surface area contributed by atoms with Crippen molar-refractivity contribution in [1.82, 2.24) is 4.57 Å². The molecule has 10 heteroatoms. The third kappa shape index (κ3) is 3.02. The van der Waals surface area contributed by atoms with Gasteiger partial charge in [0.1, 0.15) is 17.6 Å². The highest BCUT2D eigenvalue weighted by atomic mass is 19.4. The second-order valence-electron chi connectivity index (χ2n) is 5.69. The molecule has 1 aliphatic rings. The molecule has 5 nitrogen and oxygen atoms in total. The Bertz CT molecular complexity index is 952. The minimum Gasteiger partial charge on any atom is -0.478 e. The Balaban J connectivity index is 2.09. The Hall–Kier alpha value is -2.91. The van der Waals surface area contributed by atoms with Gasteiger partial charge in [-0.25, -0.2) is 13.6 Å². The number of fused-ring (bicyclic) bond motifs is 1. The van der Waals surface area contributed by atoms with Gasteiger partial charge in [-0.1, -0.05) is 0 Å². The third-order valence-corrected chi connectivity index (χ3v) is 4.03. The average Bonchev–Trinajstić information content (AvgIpc) is 2.90. The van der Waals surface area contributed by atoms with Crippen molar-refractivity contribution in [2.45, 2.75) is 25.3 Å². The van der Waals surface area contributed by atoms with Gasteiger partial charge in [-0.2, -0.15) is 13.2 Å². The lowest BCUT2D eigenvalue weighted by Crippen LogP contribution is -2.23. The zero-order valence-electron chi connectivity index (χ0n) is 12.9. The Kier molecular flexibility index (Phi) is 4.21. The number of nitrogens with zero attached hydrogens (tertiary/aromatic N) is 1. The number of pyridine rings is 1. The molecule has 0 aliphatic carbocycles. The van der Waals surface area contributed by atoms with E-state index in [2.05, 4.69) is 5.32 Å². The molecule has 0 amide bonds. The van der Waals surface area contributed by atoms with Crippen LogP contribution in [0, 0.1) is 5.82 Å². The van der Waals surface area contributed by atoms with Crippen LogP contribution in [0.2, 0.25) is 0 Å². The van der Waals surface area contributed by atoms with Crippen molar-refractivity contribution in [1.29, 1.82) is 0 Å². The largest absolute Gasteiger partial charge is 0.478 e. The van der Waals surface area contributed by atoms with Crippen molar-refractivity contribution in [3.05, 3.63) is 57.3 Å². The van der Waals surface area contributed by atoms with Crippen LogP contribution in [0.1, 0.15) is 34.2 Å². The van der Waals surface area contributed by atoms with Crippen molar-refractivity contribution in [3.63, 3.8) is 0 Å². The van der Waals surface area contributed by atoms with E-state index in [1.54, 1.807) is 0 Å². The molecule has 0 radical (unpaired) electrons. The van der Waals surface area contributed by atoms with Crippen LogP contribution in [0.25, 0.3) is 0 Å². The molecule has 0 fully saturated rings. The monoisotopic (exact) mass is 374 g/mol. The maximum absolute atomic E-state index is 14.0. The van der Waals surface area contributed by atoms with E-state index in [9.17, 15) is 36.6 Å². The lowest BCUT2D eigenvalue weighted by molar-refractivity contribution is -0.137. The Morgan fingerprint density at radius 2 is 1.92 bits per heavy atom. The van der Waals surface area contributed by atoms with Crippen molar-refractivity contribution in [3.8, 4) is 0 Å². The fourth-order valence-corrected chi connectivity index (χ4v) is 2.86. The topological polar surface area (TPSA) is 71.3 Å². The number of nitrogens with one attached hydrogen (secondary N) is 1. The minimum atomic E-state index is -4.75. The highest BCUT2D eigenvalue weighted by Crippen LogP contribution is 2.36. The smallest absolute Gasteiger partial charge is 0.416 e. The van der Waals surface area contributed by atoms with Gasteiger partial charge >= 0.3 is 12.1 Å². The molecule has 2 aromatic rings. The molecule has 1 aromatic carbocycles. The predicted molar refractivity (Wildman–Crippen MR) is 80.8 cm³/mol. The Morgan fingerprint density at radius 3 is 2.50 bits per heavy atom. The number of carboxylic acid groups (broad SMARTS) is 1. The van der Waals surface area contributed by atoms with Crippen LogP contribution in [0.4, 0.5) is 33.3 Å². The summed E-state index contributed by atoms with van der Waals surface area (Å²) in [6.07, 6.45) is -6.51. The number of carboxylic acids is 1. The minimum absolute atomic E-state index is 0.00450. The number of benzene rings is 1. The second-order valence-corrected chi connectivity index (χ2v) is 5.69.